The molecule has 0 radical (unpaired) electrons. The molecule has 0 atom stereocenters. The molecule has 0 saturated heterocycles. The third-order valence-electron chi connectivity index (χ3n) is 0.379. The molecule has 7 heavy (non-hydrogen) atoms. The van der Waals surface area contributed by atoms with Gasteiger partial charge in [-0.3, -0.25) is 0 Å². The summed E-state index contributed by atoms with van der Waals surface area (Å²) in [6, 6.07) is 0. The normalized spacial score (nSPS) is 9.43. The van der Waals surface area contributed by atoms with Crippen molar-refractivity contribution in [3.05, 3.63) is 12.2 Å². The SMILES string of the molecule is CC=CC(=O)OBr. The molecule has 0 rings (SSSR count). The van der Waals surface area contributed by atoms with Gasteiger partial charge in [0.1, 0.15) is 0 Å². The Balaban J connectivity index is 3.37. The predicted molar refractivity (Wildman–Crippen MR) is 29.8 cm³/mol. The first-order chi connectivity index (χ1) is 3.31. The summed E-state index contributed by atoms with van der Waals surface area (Å²) < 4.78 is 4.08. The molecule has 0 aliphatic rings. The third kappa shape index (κ3) is 3.52. The summed E-state index contributed by atoms with van der Waals surface area (Å²) in [5.74, 6) is -0.387. The fourth-order valence-electron chi connectivity index (χ4n) is 0.162. The molecule has 0 aliphatic carbocycles. The second-order valence-corrected chi connectivity index (χ2v) is 1.22. The van der Waals surface area contributed by atoms with Crippen molar-refractivity contribution < 1.29 is 8.62 Å². The van der Waals surface area contributed by atoms with E-state index in [1.807, 2.05) is 0 Å². The average Bonchev–Trinajstić information content (AvgIpc) is 1.68. The van der Waals surface area contributed by atoms with Crippen molar-refractivity contribution in [2.24, 2.45) is 0 Å². The zero-order chi connectivity index (χ0) is 5.70. The van der Waals surface area contributed by atoms with Gasteiger partial charge in [0.2, 0.25) is 0 Å². The van der Waals surface area contributed by atoms with Crippen LogP contribution < -0.4 is 0 Å². The lowest BCUT2D eigenvalue weighted by Crippen LogP contribution is -1.86. The maximum absolute atomic E-state index is 10.1. The van der Waals surface area contributed by atoms with E-state index in [0.29, 0.717) is 0 Å². The molecule has 0 heterocycles. The van der Waals surface area contributed by atoms with Crippen molar-refractivity contribution in [3.63, 3.8) is 0 Å². The molecular formula is C4H5BrO2. The lowest BCUT2D eigenvalue weighted by Gasteiger charge is -1.80. The molecule has 0 bridgehead atoms. The summed E-state index contributed by atoms with van der Waals surface area (Å²) in [5, 5.41) is 0. The molecule has 0 aliphatic heterocycles. The molecule has 0 N–H and O–H groups in total. The molecular weight excluding hydrogens is 160 g/mol. The summed E-state index contributed by atoms with van der Waals surface area (Å²) >= 11 is 2.51. The molecule has 0 aromatic heterocycles. The van der Waals surface area contributed by atoms with Crippen LogP contribution in [0.4, 0.5) is 0 Å². The molecule has 0 unspecified atom stereocenters. The van der Waals surface area contributed by atoms with E-state index in [9.17, 15) is 4.79 Å². The highest BCUT2D eigenvalue weighted by atomic mass is 79.9. The van der Waals surface area contributed by atoms with Crippen LogP contribution in [-0.2, 0) is 8.62 Å². The predicted octanol–water partition coefficient (Wildman–Crippen LogP) is 1.42. The van der Waals surface area contributed by atoms with Crippen LogP contribution in [0, 0.1) is 0 Å². The second kappa shape index (κ2) is 3.87. The Labute approximate surface area is 50.6 Å². The Hall–Kier alpha value is -0.310. The van der Waals surface area contributed by atoms with Gasteiger partial charge in [-0.15, -0.1) is 0 Å². The average molecular weight is 165 g/mol. The van der Waals surface area contributed by atoms with E-state index >= 15 is 0 Å². The fraction of sp³-hybridized carbons (Fsp3) is 0.250. The smallest absolute Gasteiger partial charge is 0.341 e. The van der Waals surface area contributed by atoms with Crippen LogP contribution in [0.15, 0.2) is 12.2 Å². The van der Waals surface area contributed by atoms with Gasteiger partial charge in [-0.25, -0.2) is 4.79 Å². The Kier molecular flexibility index (Phi) is 3.69. The Morgan fingerprint density at radius 1 is 1.86 bits per heavy atom. The third-order valence-corrected chi connectivity index (χ3v) is 0.698. The van der Waals surface area contributed by atoms with Gasteiger partial charge in [-0.2, -0.15) is 0 Å². The van der Waals surface area contributed by atoms with E-state index in [0.717, 1.165) is 0 Å². The van der Waals surface area contributed by atoms with E-state index in [1.54, 1.807) is 13.0 Å². The molecule has 0 spiro atoms. The highest BCUT2D eigenvalue weighted by Crippen LogP contribution is 1.86. The molecule has 0 fully saturated rings. The van der Waals surface area contributed by atoms with Crippen molar-refractivity contribution in [1.82, 2.24) is 0 Å². The van der Waals surface area contributed by atoms with Gasteiger partial charge in [0.25, 0.3) is 0 Å². The zero-order valence-corrected chi connectivity index (χ0v) is 5.44. The largest absolute Gasteiger partial charge is 0.380 e. The first kappa shape index (κ1) is 6.69. The van der Waals surface area contributed by atoms with E-state index in [2.05, 4.69) is 20.1 Å². The van der Waals surface area contributed by atoms with Crippen LogP contribution in [-0.4, -0.2) is 5.97 Å². The molecule has 40 valence electrons. The number of allylic oxidation sites excluding steroid dienone is 1. The van der Waals surface area contributed by atoms with E-state index < -0.39 is 0 Å². The molecule has 2 nitrogen and oxygen atoms in total. The summed E-state index contributed by atoms with van der Waals surface area (Å²) in [6.07, 6.45) is 2.92. The van der Waals surface area contributed by atoms with Gasteiger partial charge in [0.05, 0.1) is 0 Å². The lowest BCUT2D eigenvalue weighted by molar-refractivity contribution is -0.127. The van der Waals surface area contributed by atoms with Crippen LogP contribution in [0.1, 0.15) is 6.92 Å². The van der Waals surface area contributed by atoms with Gasteiger partial charge in [-0.05, 0) is 6.92 Å². The van der Waals surface area contributed by atoms with Gasteiger partial charge >= 0.3 is 5.97 Å². The highest BCUT2D eigenvalue weighted by Gasteiger charge is 1.86. The highest BCUT2D eigenvalue weighted by molar-refractivity contribution is 9.06. The van der Waals surface area contributed by atoms with Crippen molar-refractivity contribution in [2.75, 3.05) is 0 Å². The molecule has 3 heteroatoms. The monoisotopic (exact) mass is 164 g/mol. The number of carbonyl (C=O) groups is 1. The van der Waals surface area contributed by atoms with Crippen LogP contribution in [0.25, 0.3) is 0 Å². The number of carbonyl (C=O) groups excluding carboxylic acids is 1. The van der Waals surface area contributed by atoms with Crippen LogP contribution in [0.5, 0.6) is 0 Å². The number of halogens is 1. The van der Waals surface area contributed by atoms with Gasteiger partial charge in [0.15, 0.2) is 16.3 Å². The summed E-state index contributed by atoms with van der Waals surface area (Å²) in [7, 11) is 0. The van der Waals surface area contributed by atoms with E-state index in [-0.39, 0.29) is 5.97 Å². The minimum Gasteiger partial charge on any atom is -0.380 e. The number of hydrogen-bond acceptors (Lipinski definition) is 2. The van der Waals surface area contributed by atoms with Gasteiger partial charge < -0.3 is 3.83 Å². The minimum atomic E-state index is -0.387. The Morgan fingerprint density at radius 2 is 2.43 bits per heavy atom. The van der Waals surface area contributed by atoms with Gasteiger partial charge in [0, 0.05) is 6.08 Å². The maximum Gasteiger partial charge on any atom is 0.341 e. The second-order valence-electron chi connectivity index (χ2n) is 0.896. The van der Waals surface area contributed by atoms with Crippen molar-refractivity contribution in [2.45, 2.75) is 6.92 Å². The number of hydrogen-bond donors (Lipinski definition) is 0. The molecule has 0 aromatic carbocycles. The lowest BCUT2D eigenvalue weighted by atomic mass is 10.5. The zero-order valence-electron chi connectivity index (χ0n) is 3.85. The van der Waals surface area contributed by atoms with Gasteiger partial charge in [-0.1, -0.05) is 6.08 Å². The standard InChI is InChI=1S/C4H5BrO2/c1-2-3-4(6)7-5/h2-3H,1H3. The molecule has 0 amide bonds. The Morgan fingerprint density at radius 3 is 2.57 bits per heavy atom. The van der Waals surface area contributed by atoms with Crippen molar-refractivity contribution in [3.8, 4) is 0 Å². The first-order valence-corrected chi connectivity index (χ1v) is 2.41. The topological polar surface area (TPSA) is 26.3 Å². The van der Waals surface area contributed by atoms with Crippen LogP contribution in [0.2, 0.25) is 0 Å². The summed E-state index contributed by atoms with van der Waals surface area (Å²) in [6.45, 7) is 1.74. The quantitative estimate of drug-likeness (QED) is 0.549. The van der Waals surface area contributed by atoms with E-state index in [1.165, 1.54) is 6.08 Å². The van der Waals surface area contributed by atoms with E-state index in [4.69, 9.17) is 0 Å². The summed E-state index contributed by atoms with van der Waals surface area (Å²) in [4.78, 5) is 10.1. The minimum absolute atomic E-state index is 0.387. The summed E-state index contributed by atoms with van der Waals surface area (Å²) in [5.41, 5.74) is 0. The molecule has 0 aromatic rings. The van der Waals surface area contributed by atoms with Crippen LogP contribution in [0.3, 0.4) is 0 Å². The maximum atomic E-state index is 10.1. The first-order valence-electron chi connectivity index (χ1n) is 1.76. The Bertz CT molecular complexity index is 87.7. The van der Waals surface area contributed by atoms with Crippen molar-refractivity contribution >= 4 is 22.2 Å². The molecule has 0 saturated carbocycles. The fourth-order valence-corrected chi connectivity index (χ4v) is 0.270. The van der Waals surface area contributed by atoms with Crippen LogP contribution >= 0.6 is 16.3 Å². The van der Waals surface area contributed by atoms with Crippen molar-refractivity contribution in [1.29, 1.82) is 0 Å². The number of rotatable bonds is 1.